The molecule has 8 heavy (non-hydrogen) atoms. The largest absolute Gasteiger partial charge is 0.197 e. The van der Waals surface area contributed by atoms with E-state index < -0.39 is 0 Å². The predicted molar refractivity (Wildman–Crippen MR) is 37.2 cm³/mol. The maximum atomic E-state index is 3.67. The lowest BCUT2D eigenvalue weighted by Crippen LogP contribution is -1.71. The molecule has 42 valence electrons. The summed E-state index contributed by atoms with van der Waals surface area (Å²) >= 11 is 2.09. The minimum Gasteiger partial charge on any atom is -0.177 e. The number of aromatic amines is 1. The highest BCUT2D eigenvalue weighted by Gasteiger charge is 1.85. The van der Waals surface area contributed by atoms with Crippen LogP contribution >= 0.6 is 22.6 Å². The molecule has 0 aliphatic carbocycles. The molecule has 0 unspecified atom stereocenters. The second kappa shape index (κ2) is 2.75. The highest BCUT2D eigenvalue weighted by Crippen LogP contribution is 1.91. The summed E-state index contributed by atoms with van der Waals surface area (Å²) in [6, 6.07) is 0. The number of H-pyrrole nitrogens is 1. The first-order valence-corrected chi connectivity index (χ1v) is 3.18. The molecule has 0 aliphatic heterocycles. The number of nitrogens with zero attached hydrogens (tertiary/aromatic N) is 3. The Bertz CT molecular complexity index is 167. The maximum Gasteiger partial charge on any atom is 0.197 e. The van der Waals surface area contributed by atoms with E-state index in [2.05, 4.69) is 43.2 Å². The third-order valence-electron chi connectivity index (χ3n) is 0.574. The normalized spacial score (nSPS) is 10.6. The number of rotatable bonds is 1. The molecule has 0 fully saturated rings. The van der Waals surface area contributed by atoms with E-state index >= 15 is 0 Å². The fourth-order valence-electron chi connectivity index (χ4n) is 0.296. The molecule has 0 aromatic carbocycles. The van der Waals surface area contributed by atoms with E-state index in [1.807, 2.05) is 4.08 Å². The second-order valence-corrected chi connectivity index (χ2v) is 1.78. The van der Waals surface area contributed by atoms with Crippen molar-refractivity contribution in [2.24, 2.45) is 0 Å². The van der Waals surface area contributed by atoms with Crippen molar-refractivity contribution in [3.63, 3.8) is 0 Å². The zero-order valence-corrected chi connectivity index (χ0v) is 6.03. The summed E-state index contributed by atoms with van der Waals surface area (Å²) < 4.78 is 1.82. The lowest BCUT2D eigenvalue weighted by Gasteiger charge is -1.68. The van der Waals surface area contributed by atoms with Gasteiger partial charge in [0.15, 0.2) is 5.82 Å². The SMILES string of the molecule is I/C=C/c1nn[nH]n1. The van der Waals surface area contributed by atoms with Gasteiger partial charge in [0.2, 0.25) is 0 Å². The molecule has 1 N–H and O–H groups in total. The first kappa shape index (κ1) is 5.67. The van der Waals surface area contributed by atoms with Crippen LogP contribution in [-0.4, -0.2) is 20.6 Å². The van der Waals surface area contributed by atoms with Gasteiger partial charge in [-0.1, -0.05) is 22.6 Å². The van der Waals surface area contributed by atoms with Gasteiger partial charge in [0.05, 0.1) is 0 Å². The van der Waals surface area contributed by atoms with Gasteiger partial charge in [-0.05, 0) is 15.4 Å². The van der Waals surface area contributed by atoms with Crippen LogP contribution in [0.4, 0.5) is 0 Å². The van der Waals surface area contributed by atoms with Crippen LogP contribution in [0.5, 0.6) is 0 Å². The van der Waals surface area contributed by atoms with Crippen LogP contribution in [-0.2, 0) is 0 Å². The number of aromatic nitrogens is 4. The summed E-state index contributed by atoms with van der Waals surface area (Å²) in [5.74, 6) is 0.611. The molecular weight excluding hydrogens is 219 g/mol. The summed E-state index contributed by atoms with van der Waals surface area (Å²) in [6.07, 6.45) is 1.75. The van der Waals surface area contributed by atoms with Crippen molar-refractivity contribution in [1.82, 2.24) is 20.6 Å². The van der Waals surface area contributed by atoms with Crippen LogP contribution in [0.3, 0.4) is 0 Å². The number of nitrogens with one attached hydrogen (secondary N) is 1. The van der Waals surface area contributed by atoms with Crippen molar-refractivity contribution in [2.45, 2.75) is 0 Å². The van der Waals surface area contributed by atoms with Gasteiger partial charge in [-0.25, -0.2) is 0 Å². The van der Waals surface area contributed by atoms with E-state index in [4.69, 9.17) is 0 Å². The summed E-state index contributed by atoms with van der Waals surface area (Å²) in [4.78, 5) is 0. The minimum absolute atomic E-state index is 0.611. The van der Waals surface area contributed by atoms with Gasteiger partial charge < -0.3 is 0 Å². The van der Waals surface area contributed by atoms with E-state index in [1.165, 1.54) is 0 Å². The van der Waals surface area contributed by atoms with E-state index in [0.717, 1.165) is 0 Å². The fraction of sp³-hybridized carbons (Fsp3) is 0. The van der Waals surface area contributed by atoms with Crippen LogP contribution < -0.4 is 0 Å². The van der Waals surface area contributed by atoms with E-state index in [1.54, 1.807) is 6.08 Å². The topological polar surface area (TPSA) is 54.5 Å². The third kappa shape index (κ3) is 1.25. The summed E-state index contributed by atoms with van der Waals surface area (Å²) in [5, 5.41) is 13.0. The number of hydrogen-bond donors (Lipinski definition) is 1. The molecule has 0 saturated heterocycles. The smallest absolute Gasteiger partial charge is 0.177 e. The van der Waals surface area contributed by atoms with Gasteiger partial charge in [0, 0.05) is 0 Å². The Kier molecular flexibility index (Phi) is 1.95. The van der Waals surface area contributed by atoms with Crippen molar-refractivity contribution in [3.05, 3.63) is 9.91 Å². The Morgan fingerprint density at radius 1 is 1.62 bits per heavy atom. The van der Waals surface area contributed by atoms with Gasteiger partial charge in [-0.2, -0.15) is 5.21 Å². The predicted octanol–water partition coefficient (Wildman–Crippen LogP) is 0.605. The van der Waals surface area contributed by atoms with Crippen LogP contribution in [0.1, 0.15) is 5.82 Å². The Balaban J connectivity index is 2.77. The van der Waals surface area contributed by atoms with E-state index in [0.29, 0.717) is 5.82 Å². The molecule has 0 spiro atoms. The minimum atomic E-state index is 0.611. The van der Waals surface area contributed by atoms with Crippen LogP contribution in [0.15, 0.2) is 4.08 Å². The molecule has 4 nitrogen and oxygen atoms in total. The highest BCUT2D eigenvalue weighted by molar-refractivity contribution is 14.1. The summed E-state index contributed by atoms with van der Waals surface area (Å²) in [7, 11) is 0. The monoisotopic (exact) mass is 222 g/mol. The van der Waals surface area contributed by atoms with Gasteiger partial charge in [0.25, 0.3) is 0 Å². The quantitative estimate of drug-likeness (QED) is 0.708. The zero-order valence-electron chi connectivity index (χ0n) is 3.87. The maximum absolute atomic E-state index is 3.67. The van der Waals surface area contributed by atoms with Crippen molar-refractivity contribution >= 4 is 28.7 Å². The van der Waals surface area contributed by atoms with E-state index in [9.17, 15) is 0 Å². The van der Waals surface area contributed by atoms with E-state index in [-0.39, 0.29) is 0 Å². The number of tetrazole rings is 1. The molecule has 5 heteroatoms. The van der Waals surface area contributed by atoms with Gasteiger partial charge in [-0.15, -0.1) is 10.2 Å². The van der Waals surface area contributed by atoms with Gasteiger partial charge in [0.1, 0.15) is 0 Å². The second-order valence-electron chi connectivity index (χ2n) is 1.06. The fourth-order valence-corrected chi connectivity index (χ4v) is 0.618. The molecule has 0 amide bonds. The number of hydrogen-bond acceptors (Lipinski definition) is 3. The average Bonchev–Trinajstić information content (AvgIpc) is 2.19. The van der Waals surface area contributed by atoms with Crippen molar-refractivity contribution < 1.29 is 0 Å². The molecular formula is C3H3IN4. The third-order valence-corrected chi connectivity index (χ3v) is 0.933. The first-order valence-electron chi connectivity index (χ1n) is 1.93. The Labute approximate surface area is 59.5 Å². The molecule has 0 saturated carbocycles. The number of halogens is 1. The summed E-state index contributed by atoms with van der Waals surface area (Å²) in [6.45, 7) is 0. The molecule has 0 aliphatic rings. The van der Waals surface area contributed by atoms with Gasteiger partial charge >= 0.3 is 0 Å². The Morgan fingerprint density at radius 3 is 3.00 bits per heavy atom. The molecule has 0 radical (unpaired) electrons. The van der Waals surface area contributed by atoms with Crippen LogP contribution in [0, 0.1) is 0 Å². The van der Waals surface area contributed by atoms with Crippen LogP contribution in [0.25, 0.3) is 6.08 Å². The molecule has 1 rings (SSSR count). The molecule has 0 atom stereocenters. The lowest BCUT2D eigenvalue weighted by molar-refractivity contribution is 0.881. The highest BCUT2D eigenvalue weighted by atomic mass is 127. The lowest BCUT2D eigenvalue weighted by atomic mass is 10.6. The standard InChI is InChI=1S/C3H3IN4/c4-2-1-3-5-7-8-6-3/h1-2H,(H,5,6,7,8)/b2-1+. The first-order chi connectivity index (χ1) is 3.93. The van der Waals surface area contributed by atoms with Crippen molar-refractivity contribution in [1.29, 1.82) is 0 Å². The molecule has 1 aromatic heterocycles. The Hall–Kier alpha value is -0.460. The Morgan fingerprint density at radius 2 is 2.50 bits per heavy atom. The zero-order chi connectivity index (χ0) is 5.82. The molecule has 1 heterocycles. The summed E-state index contributed by atoms with van der Waals surface area (Å²) in [5.41, 5.74) is 0. The van der Waals surface area contributed by atoms with Crippen LogP contribution in [0.2, 0.25) is 0 Å². The molecule has 1 aromatic rings. The van der Waals surface area contributed by atoms with Crippen molar-refractivity contribution in [2.75, 3.05) is 0 Å². The van der Waals surface area contributed by atoms with Crippen molar-refractivity contribution in [3.8, 4) is 0 Å². The average molecular weight is 222 g/mol. The van der Waals surface area contributed by atoms with Gasteiger partial charge in [-0.3, -0.25) is 0 Å². The molecule has 0 bridgehead atoms.